The van der Waals surface area contributed by atoms with Crippen LogP contribution in [0, 0.1) is 10.1 Å². The van der Waals surface area contributed by atoms with Gasteiger partial charge in [0.15, 0.2) is 5.82 Å². The molecule has 0 bridgehead atoms. The topological polar surface area (TPSA) is 99.2 Å². The molecule has 0 spiro atoms. The molecule has 0 unspecified atom stereocenters. The van der Waals surface area contributed by atoms with Gasteiger partial charge < -0.3 is 5.32 Å². The van der Waals surface area contributed by atoms with E-state index in [1.165, 1.54) is 11.6 Å². The zero-order valence-electron chi connectivity index (χ0n) is 8.60. The van der Waals surface area contributed by atoms with Gasteiger partial charge in [-0.05, 0) is 6.42 Å². The van der Waals surface area contributed by atoms with Gasteiger partial charge in [-0.15, -0.1) is 0 Å². The van der Waals surface area contributed by atoms with Crippen LogP contribution in [0.1, 0.15) is 6.42 Å². The minimum atomic E-state index is -0.879. The number of nitrogens with one attached hydrogen (secondary N) is 1. The second-order valence-corrected chi connectivity index (χ2v) is 3.53. The number of anilines is 1. The van der Waals surface area contributed by atoms with Crippen molar-refractivity contribution in [3.8, 4) is 0 Å². The van der Waals surface area contributed by atoms with Crippen molar-refractivity contribution in [2.45, 2.75) is 13.0 Å². The lowest BCUT2D eigenvalue weighted by Gasteiger charge is -2.19. The van der Waals surface area contributed by atoms with Crippen molar-refractivity contribution in [3.05, 3.63) is 31.0 Å². The van der Waals surface area contributed by atoms with E-state index in [1.54, 1.807) is 0 Å². The van der Waals surface area contributed by atoms with Crippen LogP contribution in [0.5, 0.6) is 0 Å². The number of hydrogen-bond acceptors (Lipinski definition) is 5. The summed E-state index contributed by atoms with van der Waals surface area (Å²) >= 11 is 0. The van der Waals surface area contributed by atoms with Gasteiger partial charge in [0.25, 0.3) is 0 Å². The highest BCUT2D eigenvalue weighted by molar-refractivity contribution is 5.55. The summed E-state index contributed by atoms with van der Waals surface area (Å²) < 4.78 is 1.98. The minimum absolute atomic E-state index is 0.0179. The zero-order chi connectivity index (χ0) is 11.9. The first-order valence-corrected chi connectivity index (χ1v) is 4.76. The molecule has 0 radical (unpaired) electrons. The smallest absolute Gasteiger partial charge is 0.365 e. The van der Waals surface area contributed by atoms with E-state index in [0.29, 0.717) is 19.5 Å². The Morgan fingerprint density at radius 1 is 1.44 bits per heavy atom. The van der Waals surface area contributed by atoms with E-state index in [-0.39, 0.29) is 5.82 Å². The van der Waals surface area contributed by atoms with Crippen LogP contribution in [0.4, 0.5) is 11.5 Å². The van der Waals surface area contributed by atoms with Crippen LogP contribution in [0.2, 0.25) is 0 Å². The van der Waals surface area contributed by atoms with Crippen LogP contribution in [0.25, 0.3) is 0 Å². The van der Waals surface area contributed by atoms with Gasteiger partial charge >= 0.3 is 16.9 Å². The summed E-state index contributed by atoms with van der Waals surface area (Å²) in [6.07, 6.45) is 0.697. The van der Waals surface area contributed by atoms with E-state index in [4.69, 9.17) is 0 Å². The molecule has 0 saturated carbocycles. The maximum Gasteiger partial charge on any atom is 0.374 e. The van der Waals surface area contributed by atoms with Gasteiger partial charge in [0.1, 0.15) is 0 Å². The Bertz CT molecular complexity index is 571. The zero-order valence-corrected chi connectivity index (χ0v) is 8.60. The molecular weight excluding hydrogens is 216 g/mol. The van der Waals surface area contributed by atoms with Crippen molar-refractivity contribution in [1.29, 1.82) is 0 Å². The predicted molar refractivity (Wildman–Crippen MR) is 55.7 cm³/mol. The summed E-state index contributed by atoms with van der Waals surface area (Å²) in [5.41, 5.74) is -1.98. The molecule has 2 rings (SSSR count). The van der Waals surface area contributed by atoms with Gasteiger partial charge in [-0.25, -0.2) is 4.79 Å². The lowest BCUT2D eigenvalue weighted by Crippen LogP contribution is -2.42. The molecular formula is C8H10N4O4. The van der Waals surface area contributed by atoms with Gasteiger partial charge in [0.2, 0.25) is 0 Å². The van der Waals surface area contributed by atoms with E-state index >= 15 is 0 Å². The highest BCUT2D eigenvalue weighted by Gasteiger charge is 2.27. The Balaban J connectivity index is 2.89. The standard InChI is InChI=1S/C8H10N4O4/c1-10-7(13)5(12(15)16)6-9-3-2-4-11(6)8(10)14/h9H,2-4H2,1H3. The van der Waals surface area contributed by atoms with Crippen LogP contribution in [0.3, 0.4) is 0 Å². The third-order valence-corrected chi connectivity index (χ3v) is 2.55. The Hall–Kier alpha value is -2.12. The number of hydrogen-bond donors (Lipinski definition) is 1. The van der Waals surface area contributed by atoms with Crippen molar-refractivity contribution in [3.63, 3.8) is 0 Å². The van der Waals surface area contributed by atoms with Crippen LogP contribution in [-0.2, 0) is 13.6 Å². The quantitative estimate of drug-likeness (QED) is 0.502. The van der Waals surface area contributed by atoms with Gasteiger partial charge in [0.05, 0.1) is 4.92 Å². The average Bonchev–Trinajstić information content (AvgIpc) is 2.26. The number of rotatable bonds is 1. The Kier molecular flexibility index (Phi) is 2.26. The fourth-order valence-electron chi connectivity index (χ4n) is 1.75. The van der Waals surface area contributed by atoms with E-state index in [0.717, 1.165) is 4.57 Å². The van der Waals surface area contributed by atoms with E-state index in [9.17, 15) is 19.7 Å². The van der Waals surface area contributed by atoms with Crippen LogP contribution >= 0.6 is 0 Å². The molecule has 8 nitrogen and oxygen atoms in total. The average molecular weight is 226 g/mol. The van der Waals surface area contributed by atoms with Gasteiger partial charge in [0, 0.05) is 20.1 Å². The molecule has 1 aliphatic heterocycles. The Labute approximate surface area is 89.3 Å². The number of nitrogens with zero attached hydrogens (tertiary/aromatic N) is 3. The lowest BCUT2D eigenvalue weighted by molar-refractivity contribution is -0.386. The second-order valence-electron chi connectivity index (χ2n) is 3.53. The molecule has 2 heterocycles. The summed E-state index contributed by atoms with van der Waals surface area (Å²) in [7, 11) is 1.24. The highest BCUT2D eigenvalue weighted by atomic mass is 16.6. The third kappa shape index (κ3) is 1.30. The molecule has 8 heteroatoms. The van der Waals surface area contributed by atoms with Crippen molar-refractivity contribution >= 4 is 11.5 Å². The molecule has 0 aromatic carbocycles. The number of nitro groups is 1. The minimum Gasteiger partial charge on any atom is -0.365 e. The first kappa shape index (κ1) is 10.4. The maximum atomic E-state index is 11.7. The van der Waals surface area contributed by atoms with Gasteiger partial charge in [-0.1, -0.05) is 0 Å². The maximum absolute atomic E-state index is 11.7. The summed E-state index contributed by atoms with van der Waals surface area (Å²) in [6, 6.07) is 0. The monoisotopic (exact) mass is 226 g/mol. The molecule has 0 amide bonds. The molecule has 0 aliphatic carbocycles. The predicted octanol–water partition coefficient (Wildman–Crippen LogP) is -0.729. The molecule has 0 fully saturated rings. The summed E-state index contributed by atoms with van der Waals surface area (Å²) in [5.74, 6) is 0.0179. The van der Waals surface area contributed by atoms with Crippen LogP contribution in [0.15, 0.2) is 9.59 Å². The molecule has 1 aromatic heterocycles. The molecule has 0 saturated heterocycles. The van der Waals surface area contributed by atoms with Gasteiger partial charge in [-0.3, -0.25) is 24.0 Å². The van der Waals surface area contributed by atoms with Crippen LogP contribution < -0.4 is 16.6 Å². The van der Waals surface area contributed by atoms with E-state index < -0.39 is 21.9 Å². The van der Waals surface area contributed by atoms with Crippen molar-refractivity contribution < 1.29 is 4.92 Å². The highest BCUT2D eigenvalue weighted by Crippen LogP contribution is 2.20. The van der Waals surface area contributed by atoms with Gasteiger partial charge in [-0.2, -0.15) is 0 Å². The van der Waals surface area contributed by atoms with Crippen LogP contribution in [-0.4, -0.2) is 20.6 Å². The molecule has 16 heavy (non-hydrogen) atoms. The fraction of sp³-hybridized carbons (Fsp3) is 0.500. The normalized spacial score (nSPS) is 14.1. The third-order valence-electron chi connectivity index (χ3n) is 2.55. The van der Waals surface area contributed by atoms with E-state index in [1.807, 2.05) is 0 Å². The van der Waals surface area contributed by atoms with Crippen molar-refractivity contribution in [1.82, 2.24) is 9.13 Å². The fourth-order valence-corrected chi connectivity index (χ4v) is 1.75. The molecule has 0 atom stereocenters. The van der Waals surface area contributed by atoms with Crippen molar-refractivity contribution in [2.75, 3.05) is 11.9 Å². The van der Waals surface area contributed by atoms with E-state index in [2.05, 4.69) is 5.32 Å². The largest absolute Gasteiger partial charge is 0.374 e. The SMILES string of the molecule is Cn1c(=O)c([N+](=O)[O-])c2n(c1=O)CCCN2. The summed E-state index contributed by atoms with van der Waals surface area (Å²) in [4.78, 5) is 33.3. The summed E-state index contributed by atoms with van der Waals surface area (Å²) in [6.45, 7) is 0.906. The number of fused-ring (bicyclic) bond motifs is 1. The molecule has 86 valence electrons. The molecule has 1 aromatic rings. The Morgan fingerprint density at radius 2 is 2.12 bits per heavy atom. The Morgan fingerprint density at radius 3 is 2.75 bits per heavy atom. The molecule has 1 aliphatic rings. The number of aromatic nitrogens is 2. The first-order valence-electron chi connectivity index (χ1n) is 4.76. The lowest BCUT2D eigenvalue weighted by atomic mass is 10.3. The summed E-state index contributed by atoms with van der Waals surface area (Å²) in [5, 5.41) is 13.5. The van der Waals surface area contributed by atoms with Crippen molar-refractivity contribution in [2.24, 2.45) is 7.05 Å². The molecule has 1 N–H and O–H groups in total. The second kappa shape index (κ2) is 3.47. The first-order chi connectivity index (χ1) is 7.54.